The van der Waals surface area contributed by atoms with Gasteiger partial charge < -0.3 is 10.1 Å². The fourth-order valence-electron chi connectivity index (χ4n) is 4.48. The van der Waals surface area contributed by atoms with E-state index in [1.165, 1.54) is 10.6 Å². The molecule has 2 N–H and O–H groups in total. The molecule has 2 atom stereocenters. The summed E-state index contributed by atoms with van der Waals surface area (Å²) in [5.41, 5.74) is 1.43. The number of anilines is 1. The Balaban J connectivity index is 1.53. The molecule has 1 fully saturated rings. The number of H-pyrrole nitrogens is 1. The lowest BCUT2D eigenvalue weighted by Gasteiger charge is -2.32. The van der Waals surface area contributed by atoms with Gasteiger partial charge in [0.2, 0.25) is 0 Å². The van der Waals surface area contributed by atoms with Crippen molar-refractivity contribution >= 4 is 5.82 Å². The van der Waals surface area contributed by atoms with E-state index in [-0.39, 0.29) is 29.4 Å². The van der Waals surface area contributed by atoms with Gasteiger partial charge in [-0.1, -0.05) is 6.07 Å². The van der Waals surface area contributed by atoms with E-state index in [0.29, 0.717) is 26.1 Å². The SMILES string of the molecule is O=c1[nH]c2c(c(=O)n1C1CCOCC1)C[C@H](F)[C@H](c1cc3c(cc1F)CC3)N2. The molecule has 0 saturated carbocycles. The molecule has 2 aliphatic heterocycles. The second-order valence-electron chi connectivity index (χ2n) is 7.79. The predicted octanol–water partition coefficient (Wildman–Crippen LogP) is 2.17. The predicted molar refractivity (Wildman–Crippen MR) is 99.2 cm³/mol. The van der Waals surface area contributed by atoms with Gasteiger partial charge in [-0.2, -0.15) is 0 Å². The number of fused-ring (bicyclic) bond motifs is 2. The van der Waals surface area contributed by atoms with Crippen LogP contribution < -0.4 is 16.6 Å². The summed E-state index contributed by atoms with van der Waals surface area (Å²) in [4.78, 5) is 28.2. The highest BCUT2D eigenvalue weighted by molar-refractivity contribution is 5.51. The van der Waals surface area contributed by atoms with E-state index in [1.807, 2.05) is 0 Å². The van der Waals surface area contributed by atoms with Crippen molar-refractivity contribution in [2.75, 3.05) is 18.5 Å². The van der Waals surface area contributed by atoms with Gasteiger partial charge in [0.1, 0.15) is 17.8 Å². The molecule has 0 radical (unpaired) electrons. The zero-order valence-electron chi connectivity index (χ0n) is 15.3. The molecule has 1 saturated heterocycles. The van der Waals surface area contributed by atoms with Gasteiger partial charge in [0.15, 0.2) is 0 Å². The standard InChI is InChI=1S/C20H21F2N3O3/c21-15-8-11-2-1-10(11)7-13(15)17-16(22)9-14-18(23-17)24-20(27)25(19(14)26)12-3-5-28-6-4-12/h7-8,12,16-17,23H,1-6,9H2,(H,24,27)/t16-,17-/m0/s1. The van der Waals surface area contributed by atoms with Gasteiger partial charge in [0.25, 0.3) is 5.56 Å². The highest BCUT2D eigenvalue weighted by Crippen LogP contribution is 2.36. The van der Waals surface area contributed by atoms with Crippen LogP contribution in [0.4, 0.5) is 14.6 Å². The maximum Gasteiger partial charge on any atom is 0.330 e. The van der Waals surface area contributed by atoms with Crippen molar-refractivity contribution in [1.82, 2.24) is 9.55 Å². The minimum absolute atomic E-state index is 0.164. The number of halogens is 2. The van der Waals surface area contributed by atoms with Crippen molar-refractivity contribution in [3.05, 3.63) is 61.0 Å². The number of benzene rings is 1. The van der Waals surface area contributed by atoms with E-state index < -0.39 is 29.3 Å². The molecule has 3 aliphatic rings. The molecule has 0 bridgehead atoms. The number of ether oxygens (including phenoxy) is 1. The first-order valence-corrected chi connectivity index (χ1v) is 9.70. The number of aromatic amines is 1. The largest absolute Gasteiger partial charge is 0.381 e. The minimum Gasteiger partial charge on any atom is -0.381 e. The van der Waals surface area contributed by atoms with Crippen LogP contribution in [0.5, 0.6) is 0 Å². The molecule has 0 amide bonds. The molecule has 1 aromatic carbocycles. The Morgan fingerprint density at radius 1 is 1.11 bits per heavy atom. The van der Waals surface area contributed by atoms with Gasteiger partial charge in [0.05, 0.1) is 11.6 Å². The Kier molecular flexibility index (Phi) is 4.12. The van der Waals surface area contributed by atoms with Crippen molar-refractivity contribution in [2.24, 2.45) is 0 Å². The fourth-order valence-corrected chi connectivity index (χ4v) is 4.48. The molecule has 6 nitrogen and oxygen atoms in total. The average Bonchev–Trinajstić information content (AvgIpc) is 2.66. The number of alkyl halides is 1. The summed E-state index contributed by atoms with van der Waals surface area (Å²) in [6.45, 7) is 0.967. The highest BCUT2D eigenvalue weighted by Gasteiger charge is 2.35. The summed E-state index contributed by atoms with van der Waals surface area (Å²) in [6, 6.07) is 1.97. The van der Waals surface area contributed by atoms with Crippen molar-refractivity contribution < 1.29 is 13.5 Å². The zero-order chi connectivity index (χ0) is 19.4. The number of hydrogen-bond donors (Lipinski definition) is 2. The molecule has 28 heavy (non-hydrogen) atoms. The first kappa shape index (κ1) is 17.6. The third-order valence-electron chi connectivity index (χ3n) is 6.16. The molecule has 5 rings (SSSR count). The lowest BCUT2D eigenvalue weighted by molar-refractivity contribution is 0.0673. The fraction of sp³-hybridized carbons (Fsp3) is 0.500. The number of nitrogens with zero attached hydrogens (tertiary/aromatic N) is 1. The molecule has 0 unspecified atom stereocenters. The van der Waals surface area contributed by atoms with E-state index in [2.05, 4.69) is 10.3 Å². The summed E-state index contributed by atoms with van der Waals surface area (Å²) >= 11 is 0. The first-order valence-electron chi connectivity index (χ1n) is 9.70. The minimum atomic E-state index is -1.47. The second-order valence-corrected chi connectivity index (χ2v) is 7.79. The van der Waals surface area contributed by atoms with E-state index >= 15 is 4.39 Å². The molecule has 1 aromatic heterocycles. The van der Waals surface area contributed by atoms with Crippen LogP contribution >= 0.6 is 0 Å². The summed E-state index contributed by atoms with van der Waals surface area (Å²) in [6.07, 6.45) is 1.19. The Bertz CT molecular complexity index is 1060. The van der Waals surface area contributed by atoms with Gasteiger partial charge in [-0.05, 0) is 42.9 Å². The summed E-state index contributed by atoms with van der Waals surface area (Å²) in [5.74, 6) is -0.265. The van der Waals surface area contributed by atoms with Gasteiger partial charge in [-0.25, -0.2) is 13.6 Å². The topological polar surface area (TPSA) is 76.1 Å². The normalized spacial score (nSPS) is 24.1. The Hall–Kier alpha value is -2.48. The van der Waals surface area contributed by atoms with E-state index in [4.69, 9.17) is 4.74 Å². The Morgan fingerprint density at radius 2 is 1.82 bits per heavy atom. The average molecular weight is 389 g/mol. The van der Waals surface area contributed by atoms with Crippen LogP contribution in [-0.2, 0) is 24.0 Å². The van der Waals surface area contributed by atoms with Crippen LogP contribution in [-0.4, -0.2) is 28.9 Å². The third-order valence-corrected chi connectivity index (χ3v) is 6.16. The van der Waals surface area contributed by atoms with E-state index in [0.717, 1.165) is 24.0 Å². The number of aryl methyl sites for hydroxylation is 2. The van der Waals surface area contributed by atoms with Gasteiger partial charge in [0, 0.05) is 31.2 Å². The van der Waals surface area contributed by atoms with Crippen molar-refractivity contribution in [2.45, 2.75) is 50.4 Å². The zero-order valence-corrected chi connectivity index (χ0v) is 15.3. The lowest BCUT2D eigenvalue weighted by atomic mass is 9.84. The van der Waals surface area contributed by atoms with Crippen LogP contribution in [0.25, 0.3) is 0 Å². The van der Waals surface area contributed by atoms with Crippen LogP contribution in [0.3, 0.4) is 0 Å². The summed E-state index contributed by atoms with van der Waals surface area (Å²) < 4.78 is 36.0. The van der Waals surface area contributed by atoms with Gasteiger partial charge in [-0.3, -0.25) is 14.3 Å². The maximum absolute atomic E-state index is 15.0. The quantitative estimate of drug-likeness (QED) is 0.826. The second kappa shape index (κ2) is 6.55. The molecule has 1 aliphatic carbocycles. The van der Waals surface area contributed by atoms with E-state index in [1.54, 1.807) is 6.07 Å². The molecule has 2 aromatic rings. The molecule has 8 heteroatoms. The van der Waals surface area contributed by atoms with Crippen molar-refractivity contribution in [3.63, 3.8) is 0 Å². The van der Waals surface area contributed by atoms with E-state index in [9.17, 15) is 14.0 Å². The number of nitrogens with one attached hydrogen (secondary N) is 2. The number of aromatic nitrogens is 2. The molecule has 3 heterocycles. The molecule has 148 valence electrons. The van der Waals surface area contributed by atoms with Crippen LogP contribution in [0.1, 0.15) is 47.2 Å². The Labute approximate surface area is 159 Å². The van der Waals surface area contributed by atoms with Crippen molar-refractivity contribution in [3.8, 4) is 0 Å². The Morgan fingerprint density at radius 3 is 2.54 bits per heavy atom. The lowest BCUT2D eigenvalue weighted by Crippen LogP contribution is -2.45. The smallest absolute Gasteiger partial charge is 0.330 e. The van der Waals surface area contributed by atoms with Gasteiger partial charge >= 0.3 is 5.69 Å². The van der Waals surface area contributed by atoms with Gasteiger partial charge in [-0.15, -0.1) is 0 Å². The molecular formula is C20H21F2N3O3. The highest BCUT2D eigenvalue weighted by atomic mass is 19.1. The summed E-state index contributed by atoms with van der Waals surface area (Å²) in [7, 11) is 0. The molecular weight excluding hydrogens is 368 g/mol. The molecule has 0 spiro atoms. The van der Waals surface area contributed by atoms with Crippen molar-refractivity contribution in [1.29, 1.82) is 0 Å². The number of rotatable bonds is 2. The monoisotopic (exact) mass is 389 g/mol. The van der Waals surface area contributed by atoms with Crippen LogP contribution in [0.15, 0.2) is 21.7 Å². The maximum atomic E-state index is 15.0. The summed E-state index contributed by atoms with van der Waals surface area (Å²) in [5, 5.41) is 2.88. The third kappa shape index (κ3) is 2.70. The first-order chi connectivity index (χ1) is 13.5. The van der Waals surface area contributed by atoms with Crippen LogP contribution in [0.2, 0.25) is 0 Å². The number of hydrogen-bond acceptors (Lipinski definition) is 4. The van der Waals surface area contributed by atoms with Crippen LogP contribution in [0, 0.1) is 5.82 Å².